The average molecular weight is 1240 g/mol. The van der Waals surface area contributed by atoms with Crippen molar-refractivity contribution < 1.29 is 37.3 Å². The van der Waals surface area contributed by atoms with Gasteiger partial charge in [-0.3, -0.25) is 18.6 Å². The lowest BCUT2D eigenvalue weighted by Crippen LogP contribution is -2.47. The van der Waals surface area contributed by atoms with Crippen LogP contribution in [0.3, 0.4) is 0 Å². The summed E-state index contributed by atoms with van der Waals surface area (Å²) in [6.07, 6.45) is 88.8. The van der Waals surface area contributed by atoms with Gasteiger partial charge in [-0.25, -0.2) is 4.57 Å². The minimum absolute atomic E-state index is 0.0371. The molecule has 10 heteroatoms. The van der Waals surface area contributed by atoms with Crippen molar-refractivity contribution in [1.82, 2.24) is 5.32 Å². The number of unbranched alkanes of at least 4 members (excludes halogenated alkanes) is 39. The minimum atomic E-state index is -4.46. The third kappa shape index (κ3) is 67.4. The van der Waals surface area contributed by atoms with E-state index in [0.717, 1.165) is 109 Å². The third-order valence-corrected chi connectivity index (χ3v) is 17.3. The highest BCUT2D eigenvalue weighted by Crippen LogP contribution is 2.43. The van der Waals surface area contributed by atoms with Crippen molar-refractivity contribution in [3.8, 4) is 0 Å². The van der Waals surface area contributed by atoms with Gasteiger partial charge >= 0.3 is 13.8 Å². The smallest absolute Gasteiger partial charge is 0.456 e. The van der Waals surface area contributed by atoms with Gasteiger partial charge in [0.1, 0.15) is 19.3 Å². The molecule has 3 unspecified atom stereocenters. The molecule has 0 bridgehead atoms. The number of phosphoric ester groups is 1. The number of amides is 1. The maximum Gasteiger partial charge on any atom is 0.472 e. The molecule has 2 N–H and O–H groups in total. The van der Waals surface area contributed by atoms with E-state index in [9.17, 15) is 19.0 Å². The summed E-state index contributed by atoms with van der Waals surface area (Å²) in [5, 5.41) is 3.07. The fourth-order valence-corrected chi connectivity index (χ4v) is 11.4. The Labute approximate surface area is 539 Å². The number of ether oxygens (including phenoxy) is 1. The van der Waals surface area contributed by atoms with Crippen LogP contribution in [-0.2, 0) is 27.9 Å². The van der Waals surface area contributed by atoms with E-state index in [1.807, 2.05) is 33.3 Å². The summed E-state index contributed by atoms with van der Waals surface area (Å²) in [4.78, 5) is 38.0. The summed E-state index contributed by atoms with van der Waals surface area (Å²) in [5.41, 5.74) is 0. The second-order valence-electron chi connectivity index (χ2n) is 26.1. The minimum Gasteiger partial charge on any atom is -0.456 e. The van der Waals surface area contributed by atoms with Gasteiger partial charge in [0.15, 0.2) is 0 Å². The summed E-state index contributed by atoms with van der Waals surface area (Å²) in [7, 11) is 1.49. The van der Waals surface area contributed by atoms with Gasteiger partial charge in [0.05, 0.1) is 33.8 Å². The number of phosphoric acid groups is 1. The number of allylic oxidation sites excluding steroid dienone is 13. The number of carbonyl (C=O) groups excluding carboxylic acids is 2. The zero-order valence-corrected chi connectivity index (χ0v) is 58.9. The lowest BCUT2D eigenvalue weighted by atomic mass is 10.0. The summed E-state index contributed by atoms with van der Waals surface area (Å²) in [5.74, 6) is -0.502. The number of esters is 1. The number of carbonyl (C=O) groups is 2. The molecule has 9 nitrogen and oxygen atoms in total. The van der Waals surface area contributed by atoms with Gasteiger partial charge in [-0.15, -0.1) is 0 Å². The Morgan fingerprint density at radius 1 is 0.414 bits per heavy atom. The van der Waals surface area contributed by atoms with Crippen molar-refractivity contribution in [1.29, 1.82) is 0 Å². The predicted octanol–water partition coefficient (Wildman–Crippen LogP) is 23.7. The highest BCUT2D eigenvalue weighted by Gasteiger charge is 2.30. The van der Waals surface area contributed by atoms with Crippen LogP contribution in [-0.4, -0.2) is 74.3 Å². The van der Waals surface area contributed by atoms with Crippen molar-refractivity contribution in [2.24, 2.45) is 0 Å². The lowest BCUT2D eigenvalue weighted by Gasteiger charge is -2.27. The SMILES string of the molecule is CC/C=C\C/C=C\C/C=C\C/C=C\C/C=C\C/C=C\CCCCCCCCCCC(=O)NC(COP(=O)(O)OCC[N+](C)(C)C)C(/C=C\CCCCCCCCCCCCC)OC(=O)CCCCCCCCCCCCCCCCCCCCCCC. The maximum atomic E-state index is 13.6. The highest BCUT2D eigenvalue weighted by atomic mass is 31.2. The quantitative estimate of drug-likeness (QED) is 0.0205. The van der Waals surface area contributed by atoms with Gasteiger partial charge in [0, 0.05) is 12.8 Å². The van der Waals surface area contributed by atoms with Gasteiger partial charge in [-0.2, -0.15) is 0 Å². The Morgan fingerprint density at radius 3 is 1.10 bits per heavy atom. The molecule has 0 radical (unpaired) electrons. The second-order valence-corrected chi connectivity index (χ2v) is 27.5. The van der Waals surface area contributed by atoms with Crippen molar-refractivity contribution in [2.75, 3.05) is 40.9 Å². The van der Waals surface area contributed by atoms with E-state index in [1.165, 1.54) is 199 Å². The van der Waals surface area contributed by atoms with E-state index in [0.29, 0.717) is 23.9 Å². The van der Waals surface area contributed by atoms with Gasteiger partial charge in [0.25, 0.3) is 0 Å². The molecule has 0 saturated heterocycles. The molecular weight excluding hydrogens is 1100 g/mol. The Hall–Kier alpha value is -2.81. The Balaban J connectivity index is 5.08. The van der Waals surface area contributed by atoms with E-state index < -0.39 is 20.0 Å². The molecule has 0 saturated carbocycles. The van der Waals surface area contributed by atoms with Gasteiger partial charge < -0.3 is 19.4 Å². The Kier molecular flexibility index (Phi) is 64.0. The maximum absolute atomic E-state index is 13.6. The predicted molar refractivity (Wildman–Crippen MR) is 378 cm³/mol. The lowest BCUT2D eigenvalue weighted by molar-refractivity contribution is -0.870. The zero-order chi connectivity index (χ0) is 63.5. The molecule has 3 atom stereocenters. The first-order chi connectivity index (χ1) is 42.4. The number of nitrogens with one attached hydrogen (secondary N) is 1. The Morgan fingerprint density at radius 2 is 0.736 bits per heavy atom. The van der Waals surface area contributed by atoms with E-state index in [2.05, 4.69) is 99.0 Å². The molecule has 0 spiro atoms. The standard InChI is InChI=1S/C77H141N2O7P/c1-7-10-13-16-19-22-25-28-30-32-34-36-37-38-39-40-41-43-44-46-48-51-54-57-60-63-66-69-76(80)78-74(73-85-87(82,83)84-72-71-79(4,5)6)75(68-65-62-59-56-53-50-27-24-21-18-15-12-9-3)86-77(81)70-67-64-61-58-55-52-49-47-45-42-35-33-31-29-26-23-20-17-14-11-8-2/h10,13,19,22,28,30,34,36,38-39,41,43,65,68,74-75H,7-9,11-12,14-18,20-21,23-27,29,31-33,35,37,40,42,44-64,66-67,69-73H2,1-6H3,(H-,78,80,82,83)/p+1/b13-10-,22-19-,30-28-,36-34-,39-38-,43-41-,68-65-. The molecule has 0 fully saturated rings. The molecule has 0 aliphatic rings. The number of nitrogens with zero attached hydrogens (tertiary/aromatic N) is 1. The van der Waals surface area contributed by atoms with Crippen LogP contribution in [0.1, 0.15) is 342 Å². The summed E-state index contributed by atoms with van der Waals surface area (Å²) >= 11 is 0. The van der Waals surface area contributed by atoms with Gasteiger partial charge in [-0.1, -0.05) is 331 Å². The van der Waals surface area contributed by atoms with Crippen molar-refractivity contribution in [3.05, 3.63) is 85.1 Å². The number of hydrogen-bond acceptors (Lipinski definition) is 6. The molecular formula is C77H142N2O7P+. The van der Waals surface area contributed by atoms with Crippen molar-refractivity contribution in [2.45, 2.75) is 354 Å². The number of likely N-dealkylation sites (N-methyl/N-ethyl adjacent to an activating group) is 1. The van der Waals surface area contributed by atoms with Crippen LogP contribution in [0, 0.1) is 0 Å². The van der Waals surface area contributed by atoms with Gasteiger partial charge in [0.2, 0.25) is 5.91 Å². The summed E-state index contributed by atoms with van der Waals surface area (Å²) in [6, 6.07) is -0.856. The summed E-state index contributed by atoms with van der Waals surface area (Å²) in [6.45, 7) is 6.94. The largest absolute Gasteiger partial charge is 0.472 e. The van der Waals surface area contributed by atoms with Crippen LogP contribution in [0.15, 0.2) is 85.1 Å². The Bertz CT molecular complexity index is 1760. The molecule has 0 aliphatic carbocycles. The first-order valence-corrected chi connectivity index (χ1v) is 38.4. The van der Waals surface area contributed by atoms with Crippen LogP contribution in [0.25, 0.3) is 0 Å². The molecule has 506 valence electrons. The molecule has 0 rings (SSSR count). The van der Waals surface area contributed by atoms with E-state index >= 15 is 0 Å². The first-order valence-electron chi connectivity index (χ1n) is 36.9. The average Bonchev–Trinajstić information content (AvgIpc) is 3.69. The third-order valence-electron chi connectivity index (χ3n) is 16.3. The van der Waals surface area contributed by atoms with Crippen LogP contribution < -0.4 is 5.32 Å². The first kappa shape index (κ1) is 84.2. The highest BCUT2D eigenvalue weighted by molar-refractivity contribution is 7.47. The fourth-order valence-electron chi connectivity index (χ4n) is 10.7. The van der Waals surface area contributed by atoms with Crippen molar-refractivity contribution in [3.63, 3.8) is 0 Å². The molecule has 1 amide bonds. The normalized spacial score (nSPS) is 14.0. The van der Waals surface area contributed by atoms with E-state index in [4.69, 9.17) is 13.8 Å². The number of hydrogen-bond donors (Lipinski definition) is 2. The monoisotopic (exact) mass is 1240 g/mol. The zero-order valence-electron chi connectivity index (χ0n) is 58.0. The second kappa shape index (κ2) is 66.1. The van der Waals surface area contributed by atoms with E-state index in [1.54, 1.807) is 0 Å². The molecule has 0 heterocycles. The van der Waals surface area contributed by atoms with E-state index in [-0.39, 0.29) is 25.1 Å². The molecule has 0 aromatic rings. The topological polar surface area (TPSA) is 111 Å². The fraction of sp³-hybridized carbons (Fsp3) is 0.792. The molecule has 0 aromatic heterocycles. The molecule has 87 heavy (non-hydrogen) atoms. The summed E-state index contributed by atoms with van der Waals surface area (Å²) < 4.78 is 30.9. The number of rotatable bonds is 67. The number of quaternary nitrogens is 1. The molecule has 0 aliphatic heterocycles. The van der Waals surface area contributed by atoms with Crippen LogP contribution in [0.5, 0.6) is 0 Å². The van der Waals surface area contributed by atoms with Gasteiger partial charge in [-0.05, 0) is 83.1 Å². The molecule has 0 aromatic carbocycles. The van der Waals surface area contributed by atoms with Crippen LogP contribution in [0.4, 0.5) is 0 Å². The van der Waals surface area contributed by atoms with Crippen molar-refractivity contribution >= 4 is 19.7 Å². The van der Waals surface area contributed by atoms with Crippen LogP contribution in [0.2, 0.25) is 0 Å². The van der Waals surface area contributed by atoms with Crippen LogP contribution >= 0.6 is 7.82 Å².